The minimum absolute atomic E-state index is 0.0210. The van der Waals surface area contributed by atoms with Gasteiger partial charge in [-0.3, -0.25) is 15.1 Å². The monoisotopic (exact) mass is 274 g/mol. The highest BCUT2D eigenvalue weighted by atomic mass is 32.2. The molecule has 5 heteroatoms. The SMILES string of the molecule is Cc1cc(C2N[C@H](C(=O)O)CS2)c2ccccc2n1. The summed E-state index contributed by atoms with van der Waals surface area (Å²) < 4.78 is 0. The van der Waals surface area contributed by atoms with Crippen LogP contribution in [0.25, 0.3) is 10.9 Å². The molecule has 0 spiro atoms. The highest BCUT2D eigenvalue weighted by molar-refractivity contribution is 7.99. The summed E-state index contributed by atoms with van der Waals surface area (Å²) in [5.74, 6) is -0.194. The number of aryl methyl sites for hydroxylation is 1. The van der Waals surface area contributed by atoms with Gasteiger partial charge in [-0.1, -0.05) is 18.2 Å². The second-order valence-electron chi connectivity index (χ2n) is 4.64. The van der Waals surface area contributed by atoms with Gasteiger partial charge in [0.1, 0.15) is 6.04 Å². The number of aromatic nitrogens is 1. The number of hydrogen-bond acceptors (Lipinski definition) is 4. The lowest BCUT2D eigenvalue weighted by Crippen LogP contribution is -2.33. The van der Waals surface area contributed by atoms with Gasteiger partial charge in [-0.25, -0.2) is 0 Å². The van der Waals surface area contributed by atoms with E-state index in [9.17, 15) is 4.79 Å². The van der Waals surface area contributed by atoms with Gasteiger partial charge in [-0.2, -0.15) is 0 Å². The molecule has 1 aliphatic rings. The van der Waals surface area contributed by atoms with E-state index in [4.69, 9.17) is 5.11 Å². The molecule has 1 aromatic heterocycles. The molecule has 0 bridgehead atoms. The first kappa shape index (κ1) is 12.4. The maximum atomic E-state index is 11.0. The van der Waals surface area contributed by atoms with E-state index in [2.05, 4.69) is 10.3 Å². The zero-order valence-corrected chi connectivity index (χ0v) is 11.3. The van der Waals surface area contributed by atoms with Gasteiger partial charge in [-0.15, -0.1) is 11.8 Å². The molecule has 2 aromatic rings. The van der Waals surface area contributed by atoms with Crippen molar-refractivity contribution in [2.75, 3.05) is 5.75 Å². The molecular weight excluding hydrogens is 260 g/mol. The van der Waals surface area contributed by atoms with Crippen LogP contribution in [-0.4, -0.2) is 27.9 Å². The number of carboxylic acids is 1. The first-order valence-corrected chi connectivity index (χ1v) is 7.17. The van der Waals surface area contributed by atoms with E-state index >= 15 is 0 Å². The summed E-state index contributed by atoms with van der Waals surface area (Å²) in [6.07, 6.45) is 0. The van der Waals surface area contributed by atoms with Gasteiger partial charge in [0.05, 0.1) is 10.9 Å². The smallest absolute Gasteiger partial charge is 0.321 e. The highest BCUT2D eigenvalue weighted by Crippen LogP contribution is 2.36. The normalized spacial score (nSPS) is 22.8. The molecule has 1 aliphatic heterocycles. The number of rotatable bonds is 2. The molecule has 2 N–H and O–H groups in total. The molecule has 4 nitrogen and oxygen atoms in total. The summed E-state index contributed by atoms with van der Waals surface area (Å²) >= 11 is 1.64. The molecule has 2 heterocycles. The Kier molecular flexibility index (Phi) is 3.16. The minimum atomic E-state index is -0.787. The lowest BCUT2D eigenvalue weighted by Gasteiger charge is -2.14. The molecule has 2 atom stereocenters. The summed E-state index contributed by atoms with van der Waals surface area (Å²) in [5, 5.41) is 13.3. The summed E-state index contributed by atoms with van der Waals surface area (Å²) in [5.41, 5.74) is 3.03. The second-order valence-corrected chi connectivity index (χ2v) is 5.78. The van der Waals surface area contributed by atoms with Gasteiger partial charge in [0.15, 0.2) is 0 Å². The molecule has 0 aliphatic carbocycles. The van der Waals surface area contributed by atoms with Crippen LogP contribution in [0.2, 0.25) is 0 Å². The highest BCUT2D eigenvalue weighted by Gasteiger charge is 2.31. The third-order valence-electron chi connectivity index (χ3n) is 3.24. The predicted molar refractivity (Wildman–Crippen MR) is 76.2 cm³/mol. The number of hydrogen-bond donors (Lipinski definition) is 2. The van der Waals surface area contributed by atoms with Crippen LogP contribution in [-0.2, 0) is 4.79 Å². The zero-order valence-electron chi connectivity index (χ0n) is 10.5. The first-order valence-electron chi connectivity index (χ1n) is 6.12. The van der Waals surface area contributed by atoms with Crippen molar-refractivity contribution in [3.63, 3.8) is 0 Å². The Bertz CT molecular complexity index is 644. The van der Waals surface area contributed by atoms with Crippen LogP contribution in [0.15, 0.2) is 30.3 Å². The van der Waals surface area contributed by atoms with Gasteiger partial charge in [0.2, 0.25) is 0 Å². The van der Waals surface area contributed by atoms with Gasteiger partial charge in [-0.05, 0) is 24.6 Å². The lowest BCUT2D eigenvalue weighted by atomic mass is 10.1. The number of para-hydroxylation sites is 1. The average molecular weight is 274 g/mol. The maximum absolute atomic E-state index is 11.0. The molecule has 1 aromatic carbocycles. The fraction of sp³-hybridized carbons (Fsp3) is 0.286. The standard InChI is InChI=1S/C14H14N2O2S/c1-8-6-10(9-4-2-3-5-11(9)15-8)13-16-12(7-19-13)14(17)18/h2-6,12-13,16H,7H2,1H3,(H,17,18)/t12-,13?/m0/s1. The van der Waals surface area contributed by atoms with Crippen LogP contribution < -0.4 is 5.32 Å². The van der Waals surface area contributed by atoms with Crippen molar-refractivity contribution in [1.29, 1.82) is 0 Å². The number of nitrogens with zero attached hydrogens (tertiary/aromatic N) is 1. The van der Waals surface area contributed by atoms with Crippen molar-refractivity contribution in [2.45, 2.75) is 18.3 Å². The number of benzene rings is 1. The topological polar surface area (TPSA) is 62.2 Å². The second kappa shape index (κ2) is 4.83. The van der Waals surface area contributed by atoms with Crippen molar-refractivity contribution >= 4 is 28.6 Å². The van der Waals surface area contributed by atoms with E-state index in [0.29, 0.717) is 5.75 Å². The number of thioether (sulfide) groups is 1. The summed E-state index contributed by atoms with van der Waals surface area (Å²) in [6.45, 7) is 1.96. The Morgan fingerprint density at radius 1 is 1.47 bits per heavy atom. The van der Waals surface area contributed by atoms with Crippen LogP contribution in [0.1, 0.15) is 16.6 Å². The summed E-state index contributed by atoms with van der Waals surface area (Å²) in [4.78, 5) is 15.5. The molecule has 0 radical (unpaired) electrons. The average Bonchev–Trinajstić information content (AvgIpc) is 2.87. The first-order chi connectivity index (χ1) is 9.15. The van der Waals surface area contributed by atoms with E-state index < -0.39 is 12.0 Å². The van der Waals surface area contributed by atoms with Crippen LogP contribution in [0.3, 0.4) is 0 Å². The molecule has 0 saturated carbocycles. The van der Waals surface area contributed by atoms with Crippen molar-refractivity contribution in [2.24, 2.45) is 0 Å². The number of carboxylic acid groups (broad SMARTS) is 1. The Morgan fingerprint density at radius 3 is 3.00 bits per heavy atom. The predicted octanol–water partition coefficient (Wildman–Crippen LogP) is 2.33. The van der Waals surface area contributed by atoms with E-state index in [1.165, 1.54) is 0 Å². The molecule has 1 fully saturated rings. The van der Waals surface area contributed by atoms with E-state index in [-0.39, 0.29) is 5.37 Å². The van der Waals surface area contributed by atoms with Gasteiger partial charge in [0, 0.05) is 16.8 Å². The molecule has 0 amide bonds. The summed E-state index contributed by atoms with van der Waals surface area (Å²) in [7, 11) is 0. The Labute approximate surface area is 115 Å². The molecule has 1 saturated heterocycles. The van der Waals surface area contributed by atoms with Crippen molar-refractivity contribution in [1.82, 2.24) is 10.3 Å². The molecule has 98 valence electrons. The van der Waals surface area contributed by atoms with E-state index in [0.717, 1.165) is 22.2 Å². The maximum Gasteiger partial charge on any atom is 0.321 e. The van der Waals surface area contributed by atoms with Crippen LogP contribution >= 0.6 is 11.8 Å². The van der Waals surface area contributed by atoms with Gasteiger partial charge in [0.25, 0.3) is 0 Å². The number of pyridine rings is 1. The number of nitrogens with one attached hydrogen (secondary N) is 1. The van der Waals surface area contributed by atoms with Gasteiger partial charge < -0.3 is 5.11 Å². The molecule has 19 heavy (non-hydrogen) atoms. The van der Waals surface area contributed by atoms with Gasteiger partial charge >= 0.3 is 5.97 Å². The number of carbonyl (C=O) groups is 1. The van der Waals surface area contributed by atoms with E-state index in [1.54, 1.807) is 11.8 Å². The van der Waals surface area contributed by atoms with Crippen molar-refractivity contribution < 1.29 is 9.90 Å². The summed E-state index contributed by atoms with van der Waals surface area (Å²) in [6, 6.07) is 9.54. The number of aliphatic carboxylic acids is 1. The van der Waals surface area contributed by atoms with Crippen LogP contribution in [0.4, 0.5) is 0 Å². The molecular formula is C14H14N2O2S. The Morgan fingerprint density at radius 2 is 2.26 bits per heavy atom. The fourth-order valence-electron chi connectivity index (χ4n) is 2.35. The zero-order chi connectivity index (χ0) is 13.4. The Hall–Kier alpha value is -1.59. The van der Waals surface area contributed by atoms with Crippen LogP contribution in [0, 0.1) is 6.92 Å². The molecule has 1 unspecified atom stereocenters. The van der Waals surface area contributed by atoms with Crippen LogP contribution in [0.5, 0.6) is 0 Å². The Balaban J connectivity index is 2.03. The van der Waals surface area contributed by atoms with E-state index in [1.807, 2.05) is 37.3 Å². The van der Waals surface area contributed by atoms with Crippen molar-refractivity contribution in [3.8, 4) is 0 Å². The van der Waals surface area contributed by atoms with Crippen molar-refractivity contribution in [3.05, 3.63) is 41.6 Å². The number of fused-ring (bicyclic) bond motifs is 1. The quantitative estimate of drug-likeness (QED) is 0.880. The fourth-order valence-corrected chi connectivity index (χ4v) is 3.61. The largest absolute Gasteiger partial charge is 0.480 e. The minimum Gasteiger partial charge on any atom is -0.480 e. The lowest BCUT2D eigenvalue weighted by molar-refractivity contribution is -0.138. The third-order valence-corrected chi connectivity index (χ3v) is 4.49. The third kappa shape index (κ3) is 2.31. The molecule has 3 rings (SSSR count).